The third kappa shape index (κ3) is 2.26. The maximum absolute atomic E-state index is 11.6. The number of carbonyl (C=O) groups is 2. The van der Waals surface area contributed by atoms with Gasteiger partial charge in [-0.3, -0.25) is 9.59 Å². The lowest BCUT2D eigenvalue weighted by atomic mass is 10.2. The Balaban J connectivity index is 1.91. The Morgan fingerprint density at radius 3 is 2.67 bits per heavy atom. The van der Waals surface area contributed by atoms with Crippen molar-refractivity contribution < 1.29 is 9.59 Å². The van der Waals surface area contributed by atoms with Crippen LogP contribution in [-0.4, -0.2) is 34.7 Å². The summed E-state index contributed by atoms with van der Waals surface area (Å²) in [6.45, 7) is 1.60. The molecule has 0 aliphatic carbocycles. The molecule has 15 heavy (non-hydrogen) atoms. The van der Waals surface area contributed by atoms with Gasteiger partial charge in [-0.15, -0.1) is 0 Å². The number of amides is 1. The van der Waals surface area contributed by atoms with Crippen LogP contribution >= 0.6 is 0 Å². The first kappa shape index (κ1) is 9.96. The van der Waals surface area contributed by atoms with Crippen LogP contribution in [-0.2, 0) is 4.79 Å². The number of rotatable bonds is 3. The molecular weight excluding hydrogens is 192 g/mol. The molecule has 2 heterocycles. The molecule has 0 saturated carbocycles. The summed E-state index contributed by atoms with van der Waals surface area (Å²) in [6, 6.07) is 3.45. The molecule has 0 atom stereocenters. The van der Waals surface area contributed by atoms with Crippen molar-refractivity contribution in [3.63, 3.8) is 0 Å². The van der Waals surface area contributed by atoms with Gasteiger partial charge in [0.2, 0.25) is 5.91 Å². The smallest absolute Gasteiger partial charge is 0.230 e. The van der Waals surface area contributed by atoms with E-state index < -0.39 is 0 Å². The molecule has 1 aliphatic rings. The molecule has 0 spiro atoms. The van der Waals surface area contributed by atoms with Crippen molar-refractivity contribution >= 4 is 11.7 Å². The SMILES string of the molecule is O=C(CC(=O)N1CCCC1)c1ccc[nH]1. The minimum Gasteiger partial charge on any atom is -0.359 e. The first-order valence-corrected chi connectivity index (χ1v) is 5.22. The van der Waals surface area contributed by atoms with Gasteiger partial charge in [0.15, 0.2) is 5.78 Å². The number of Topliss-reactive ketones (excluding diaryl/α,β-unsaturated/α-hetero) is 1. The maximum Gasteiger partial charge on any atom is 0.230 e. The van der Waals surface area contributed by atoms with E-state index in [2.05, 4.69) is 4.98 Å². The zero-order chi connectivity index (χ0) is 10.7. The summed E-state index contributed by atoms with van der Waals surface area (Å²) in [5.74, 6) is -0.177. The lowest BCUT2D eigenvalue weighted by molar-refractivity contribution is -0.129. The van der Waals surface area contributed by atoms with Gasteiger partial charge in [-0.2, -0.15) is 0 Å². The normalized spacial score (nSPS) is 15.6. The van der Waals surface area contributed by atoms with Gasteiger partial charge in [0.05, 0.1) is 12.1 Å². The molecule has 4 heteroatoms. The number of hydrogen-bond donors (Lipinski definition) is 1. The average molecular weight is 206 g/mol. The highest BCUT2D eigenvalue weighted by molar-refractivity contribution is 6.06. The van der Waals surface area contributed by atoms with Gasteiger partial charge in [0, 0.05) is 19.3 Å². The fraction of sp³-hybridized carbons (Fsp3) is 0.455. The van der Waals surface area contributed by atoms with Crippen molar-refractivity contribution in [2.24, 2.45) is 0 Å². The van der Waals surface area contributed by atoms with Gasteiger partial charge in [-0.1, -0.05) is 0 Å². The highest BCUT2D eigenvalue weighted by Crippen LogP contribution is 2.10. The molecule has 1 saturated heterocycles. The molecule has 1 aromatic rings. The van der Waals surface area contributed by atoms with E-state index in [1.165, 1.54) is 0 Å². The van der Waals surface area contributed by atoms with Crippen molar-refractivity contribution in [1.82, 2.24) is 9.88 Å². The Bertz CT molecular complexity index is 351. The number of likely N-dealkylation sites (tertiary alicyclic amines) is 1. The van der Waals surface area contributed by atoms with Crippen LogP contribution in [0, 0.1) is 0 Å². The minimum atomic E-state index is -0.128. The van der Waals surface area contributed by atoms with Gasteiger partial charge in [0.25, 0.3) is 0 Å². The molecule has 1 aromatic heterocycles. The van der Waals surface area contributed by atoms with Crippen molar-refractivity contribution in [1.29, 1.82) is 0 Å². The summed E-state index contributed by atoms with van der Waals surface area (Å²) in [5.41, 5.74) is 0.516. The van der Waals surface area contributed by atoms with E-state index in [4.69, 9.17) is 0 Å². The molecule has 0 radical (unpaired) electrons. The third-order valence-electron chi connectivity index (χ3n) is 2.67. The second kappa shape index (κ2) is 4.29. The van der Waals surface area contributed by atoms with E-state index in [0.717, 1.165) is 25.9 Å². The number of nitrogens with zero attached hydrogens (tertiary/aromatic N) is 1. The Hall–Kier alpha value is -1.58. The van der Waals surface area contributed by atoms with Gasteiger partial charge in [-0.25, -0.2) is 0 Å². The summed E-state index contributed by atoms with van der Waals surface area (Å²) in [4.78, 5) is 27.8. The van der Waals surface area contributed by atoms with Gasteiger partial charge in [-0.05, 0) is 25.0 Å². The van der Waals surface area contributed by atoms with Crippen molar-refractivity contribution in [3.05, 3.63) is 24.0 Å². The monoisotopic (exact) mass is 206 g/mol. The van der Waals surface area contributed by atoms with E-state index in [9.17, 15) is 9.59 Å². The summed E-state index contributed by atoms with van der Waals surface area (Å²) in [6.07, 6.45) is 3.79. The van der Waals surface area contributed by atoms with Gasteiger partial charge >= 0.3 is 0 Å². The summed E-state index contributed by atoms with van der Waals surface area (Å²) in [7, 11) is 0. The predicted molar refractivity (Wildman–Crippen MR) is 55.6 cm³/mol. The van der Waals surface area contributed by atoms with Crippen LogP contribution < -0.4 is 0 Å². The third-order valence-corrected chi connectivity index (χ3v) is 2.67. The molecule has 80 valence electrons. The number of carbonyl (C=O) groups excluding carboxylic acids is 2. The number of ketones is 1. The molecular formula is C11H14N2O2. The Morgan fingerprint density at radius 2 is 2.07 bits per heavy atom. The number of aromatic nitrogens is 1. The lowest BCUT2D eigenvalue weighted by Crippen LogP contribution is -2.29. The standard InChI is InChI=1S/C11H14N2O2/c14-10(9-4-3-5-12-9)8-11(15)13-6-1-2-7-13/h3-5,12H,1-2,6-8H2. The van der Waals surface area contributed by atoms with Crippen LogP contribution in [0.4, 0.5) is 0 Å². The van der Waals surface area contributed by atoms with Crippen LogP contribution in [0.5, 0.6) is 0 Å². The molecule has 0 bridgehead atoms. The molecule has 1 N–H and O–H groups in total. The Morgan fingerprint density at radius 1 is 1.33 bits per heavy atom. The summed E-state index contributed by atoms with van der Waals surface area (Å²) >= 11 is 0. The van der Waals surface area contributed by atoms with Crippen LogP contribution in [0.3, 0.4) is 0 Å². The molecule has 0 aromatic carbocycles. The fourth-order valence-corrected chi connectivity index (χ4v) is 1.81. The quantitative estimate of drug-likeness (QED) is 0.597. The second-order valence-electron chi connectivity index (χ2n) is 3.77. The largest absolute Gasteiger partial charge is 0.359 e. The predicted octanol–water partition coefficient (Wildman–Crippen LogP) is 1.21. The topological polar surface area (TPSA) is 53.2 Å². The Labute approximate surface area is 88.3 Å². The minimum absolute atomic E-state index is 0.0134. The lowest BCUT2D eigenvalue weighted by Gasteiger charge is -2.13. The van der Waals surface area contributed by atoms with E-state index in [1.54, 1.807) is 23.2 Å². The van der Waals surface area contributed by atoms with E-state index in [0.29, 0.717) is 5.69 Å². The summed E-state index contributed by atoms with van der Waals surface area (Å²) in [5, 5.41) is 0. The van der Waals surface area contributed by atoms with Crippen molar-refractivity contribution in [2.75, 3.05) is 13.1 Å². The van der Waals surface area contributed by atoms with E-state index in [-0.39, 0.29) is 18.1 Å². The highest BCUT2D eigenvalue weighted by Gasteiger charge is 2.21. The number of hydrogen-bond acceptors (Lipinski definition) is 2. The second-order valence-corrected chi connectivity index (χ2v) is 3.77. The van der Waals surface area contributed by atoms with E-state index >= 15 is 0 Å². The van der Waals surface area contributed by atoms with Crippen molar-refractivity contribution in [2.45, 2.75) is 19.3 Å². The molecule has 1 amide bonds. The van der Waals surface area contributed by atoms with Gasteiger partial charge < -0.3 is 9.88 Å². The number of H-pyrrole nitrogens is 1. The zero-order valence-corrected chi connectivity index (χ0v) is 8.53. The number of aromatic amines is 1. The van der Waals surface area contributed by atoms with E-state index in [1.807, 2.05) is 0 Å². The Kier molecular flexibility index (Phi) is 2.85. The highest BCUT2D eigenvalue weighted by atomic mass is 16.2. The fourth-order valence-electron chi connectivity index (χ4n) is 1.81. The van der Waals surface area contributed by atoms with Crippen LogP contribution in [0.15, 0.2) is 18.3 Å². The molecule has 2 rings (SSSR count). The van der Waals surface area contributed by atoms with Crippen LogP contribution in [0.1, 0.15) is 29.8 Å². The van der Waals surface area contributed by atoms with Gasteiger partial charge in [0.1, 0.15) is 0 Å². The molecule has 1 fully saturated rings. The van der Waals surface area contributed by atoms with Crippen molar-refractivity contribution in [3.8, 4) is 0 Å². The molecule has 0 unspecified atom stereocenters. The molecule has 4 nitrogen and oxygen atoms in total. The first-order chi connectivity index (χ1) is 7.27. The first-order valence-electron chi connectivity index (χ1n) is 5.22. The zero-order valence-electron chi connectivity index (χ0n) is 8.53. The average Bonchev–Trinajstić information content (AvgIpc) is 2.91. The van der Waals surface area contributed by atoms with Crippen LogP contribution in [0.25, 0.3) is 0 Å². The maximum atomic E-state index is 11.6. The van der Waals surface area contributed by atoms with Crippen LogP contribution in [0.2, 0.25) is 0 Å². The number of nitrogens with one attached hydrogen (secondary N) is 1. The summed E-state index contributed by atoms with van der Waals surface area (Å²) < 4.78 is 0. The molecule has 1 aliphatic heterocycles.